The van der Waals surface area contributed by atoms with E-state index in [-0.39, 0.29) is 11.9 Å². The van der Waals surface area contributed by atoms with Crippen LogP contribution < -0.4 is 0 Å². The fourth-order valence-electron chi connectivity index (χ4n) is 2.62. The normalized spacial score (nSPS) is 14.2. The van der Waals surface area contributed by atoms with E-state index in [0.29, 0.717) is 6.61 Å². The molecule has 0 saturated heterocycles. The van der Waals surface area contributed by atoms with Gasteiger partial charge in [-0.1, -0.05) is 56.3 Å². The summed E-state index contributed by atoms with van der Waals surface area (Å²) in [6.07, 6.45) is 0. The smallest absolute Gasteiger partial charge is 0.316 e. The molecule has 0 spiro atoms. The van der Waals surface area contributed by atoms with E-state index < -0.39 is 5.41 Å². The van der Waals surface area contributed by atoms with E-state index in [0.717, 1.165) is 16.3 Å². The Morgan fingerprint density at radius 1 is 1.15 bits per heavy atom. The quantitative estimate of drug-likeness (QED) is 0.773. The predicted molar refractivity (Wildman–Crippen MR) is 82.8 cm³/mol. The van der Waals surface area contributed by atoms with Gasteiger partial charge in [0.25, 0.3) is 0 Å². The van der Waals surface area contributed by atoms with Crippen molar-refractivity contribution < 1.29 is 9.53 Å². The van der Waals surface area contributed by atoms with Gasteiger partial charge in [-0.15, -0.1) is 0 Å². The van der Waals surface area contributed by atoms with Crippen molar-refractivity contribution in [3.63, 3.8) is 0 Å². The highest BCUT2D eigenvalue weighted by atomic mass is 16.5. The molecule has 0 amide bonds. The Labute approximate surface area is 120 Å². The number of fused-ring (bicyclic) bond motifs is 1. The number of rotatable bonds is 4. The Hall–Kier alpha value is -1.83. The van der Waals surface area contributed by atoms with Crippen LogP contribution in [-0.2, 0) is 14.9 Å². The minimum atomic E-state index is -0.628. The van der Waals surface area contributed by atoms with Crippen LogP contribution in [0.1, 0.15) is 33.3 Å². The molecule has 2 heteroatoms. The monoisotopic (exact) mass is 270 g/mol. The number of carbonyl (C=O) groups is 1. The van der Waals surface area contributed by atoms with Crippen molar-refractivity contribution in [1.29, 1.82) is 0 Å². The maximum Gasteiger partial charge on any atom is 0.316 e. The number of hydrogen-bond acceptors (Lipinski definition) is 2. The van der Waals surface area contributed by atoms with Crippen LogP contribution in [0.2, 0.25) is 0 Å². The van der Waals surface area contributed by atoms with Gasteiger partial charge in [0.15, 0.2) is 0 Å². The van der Waals surface area contributed by atoms with Gasteiger partial charge >= 0.3 is 5.97 Å². The van der Waals surface area contributed by atoms with Gasteiger partial charge in [-0.05, 0) is 36.1 Å². The molecular weight excluding hydrogens is 248 g/mol. The van der Waals surface area contributed by atoms with Gasteiger partial charge in [-0.3, -0.25) is 4.79 Å². The molecule has 2 aromatic carbocycles. The molecule has 0 fully saturated rings. The zero-order chi connectivity index (χ0) is 14.8. The van der Waals surface area contributed by atoms with Gasteiger partial charge < -0.3 is 4.74 Å². The lowest BCUT2D eigenvalue weighted by atomic mass is 9.72. The Kier molecular flexibility index (Phi) is 4.12. The summed E-state index contributed by atoms with van der Waals surface area (Å²) in [7, 11) is 0. The van der Waals surface area contributed by atoms with Gasteiger partial charge in [0, 0.05) is 0 Å². The first-order valence-electron chi connectivity index (χ1n) is 7.17. The van der Waals surface area contributed by atoms with E-state index in [2.05, 4.69) is 32.0 Å². The van der Waals surface area contributed by atoms with Crippen molar-refractivity contribution in [3.8, 4) is 0 Å². The highest BCUT2D eigenvalue weighted by Crippen LogP contribution is 2.37. The first kappa shape index (κ1) is 14.6. The first-order valence-corrected chi connectivity index (χ1v) is 7.17. The molecule has 1 unspecified atom stereocenters. The van der Waals surface area contributed by atoms with Crippen LogP contribution in [0.25, 0.3) is 10.8 Å². The lowest BCUT2D eigenvalue weighted by Gasteiger charge is -2.32. The molecule has 0 saturated carbocycles. The van der Waals surface area contributed by atoms with Crippen LogP contribution in [0.3, 0.4) is 0 Å². The number of esters is 1. The third-order valence-corrected chi connectivity index (χ3v) is 4.20. The summed E-state index contributed by atoms with van der Waals surface area (Å²) in [6, 6.07) is 14.3. The topological polar surface area (TPSA) is 26.3 Å². The van der Waals surface area contributed by atoms with Crippen LogP contribution in [0.15, 0.2) is 42.5 Å². The fourth-order valence-corrected chi connectivity index (χ4v) is 2.62. The Bertz CT molecular complexity index is 610. The molecule has 0 aromatic heterocycles. The molecule has 0 aliphatic rings. The number of ether oxygens (including phenoxy) is 1. The average molecular weight is 270 g/mol. The van der Waals surface area contributed by atoms with Gasteiger partial charge in [-0.2, -0.15) is 0 Å². The van der Waals surface area contributed by atoms with Crippen molar-refractivity contribution in [2.45, 2.75) is 33.1 Å². The summed E-state index contributed by atoms with van der Waals surface area (Å²) >= 11 is 0. The molecule has 0 aliphatic carbocycles. The standard InChI is InChI=1S/C18H22O2/c1-5-20-17(19)18(4,13(2)3)16-12-8-10-14-9-6-7-11-15(14)16/h6-13H,5H2,1-4H3. The minimum Gasteiger partial charge on any atom is -0.465 e. The average Bonchev–Trinajstić information content (AvgIpc) is 2.45. The maximum atomic E-state index is 12.5. The number of carbonyl (C=O) groups excluding carboxylic acids is 1. The van der Waals surface area contributed by atoms with Crippen LogP contribution in [0, 0.1) is 5.92 Å². The largest absolute Gasteiger partial charge is 0.465 e. The molecule has 2 aromatic rings. The van der Waals surface area contributed by atoms with Crippen molar-refractivity contribution in [2.24, 2.45) is 5.92 Å². The van der Waals surface area contributed by atoms with Crippen molar-refractivity contribution in [3.05, 3.63) is 48.0 Å². The fraction of sp³-hybridized carbons (Fsp3) is 0.389. The van der Waals surface area contributed by atoms with E-state index in [1.807, 2.05) is 38.1 Å². The third-order valence-electron chi connectivity index (χ3n) is 4.20. The summed E-state index contributed by atoms with van der Waals surface area (Å²) in [5, 5.41) is 2.28. The van der Waals surface area contributed by atoms with Gasteiger partial charge in [0.2, 0.25) is 0 Å². The molecule has 0 bridgehead atoms. The second-order valence-corrected chi connectivity index (χ2v) is 5.60. The molecule has 0 N–H and O–H groups in total. The summed E-state index contributed by atoms with van der Waals surface area (Å²) in [5.74, 6) is 0.0127. The van der Waals surface area contributed by atoms with Crippen LogP contribution in [0.4, 0.5) is 0 Å². The highest BCUT2D eigenvalue weighted by Gasteiger charge is 2.40. The maximum absolute atomic E-state index is 12.5. The molecule has 2 nitrogen and oxygen atoms in total. The second-order valence-electron chi connectivity index (χ2n) is 5.60. The Morgan fingerprint density at radius 3 is 2.45 bits per heavy atom. The Morgan fingerprint density at radius 2 is 1.80 bits per heavy atom. The molecule has 0 aliphatic heterocycles. The molecule has 20 heavy (non-hydrogen) atoms. The summed E-state index contributed by atoms with van der Waals surface area (Å²) < 4.78 is 5.33. The lowest BCUT2D eigenvalue weighted by Crippen LogP contribution is -2.39. The molecular formula is C18H22O2. The highest BCUT2D eigenvalue weighted by molar-refractivity contribution is 5.93. The minimum absolute atomic E-state index is 0.147. The zero-order valence-electron chi connectivity index (χ0n) is 12.6. The van der Waals surface area contributed by atoms with Gasteiger partial charge in [0.05, 0.1) is 12.0 Å². The van der Waals surface area contributed by atoms with Crippen molar-refractivity contribution >= 4 is 16.7 Å². The molecule has 106 valence electrons. The van der Waals surface area contributed by atoms with Gasteiger partial charge in [-0.25, -0.2) is 0 Å². The molecule has 0 radical (unpaired) electrons. The number of benzene rings is 2. The summed E-state index contributed by atoms with van der Waals surface area (Å²) in [5.41, 5.74) is 0.417. The SMILES string of the molecule is CCOC(=O)C(C)(c1cccc2ccccc12)C(C)C. The predicted octanol–water partition coefficient (Wildman–Crippen LogP) is 4.32. The van der Waals surface area contributed by atoms with E-state index in [9.17, 15) is 4.79 Å². The molecule has 0 heterocycles. The van der Waals surface area contributed by atoms with Gasteiger partial charge in [0.1, 0.15) is 0 Å². The third kappa shape index (κ3) is 2.31. The molecule has 1 atom stereocenters. The number of hydrogen-bond donors (Lipinski definition) is 0. The van der Waals surface area contributed by atoms with Crippen LogP contribution in [0.5, 0.6) is 0 Å². The summed E-state index contributed by atoms with van der Waals surface area (Å²) in [6.45, 7) is 8.38. The van der Waals surface area contributed by atoms with E-state index in [4.69, 9.17) is 4.74 Å². The van der Waals surface area contributed by atoms with E-state index >= 15 is 0 Å². The van der Waals surface area contributed by atoms with Crippen molar-refractivity contribution in [2.75, 3.05) is 6.61 Å². The first-order chi connectivity index (χ1) is 9.51. The Balaban J connectivity index is 2.67. The van der Waals surface area contributed by atoms with E-state index in [1.165, 1.54) is 0 Å². The van der Waals surface area contributed by atoms with Crippen LogP contribution >= 0.6 is 0 Å². The zero-order valence-corrected chi connectivity index (χ0v) is 12.6. The second kappa shape index (κ2) is 5.66. The summed E-state index contributed by atoms with van der Waals surface area (Å²) in [4.78, 5) is 12.5. The lowest BCUT2D eigenvalue weighted by molar-refractivity contribution is -0.151. The van der Waals surface area contributed by atoms with E-state index in [1.54, 1.807) is 0 Å². The molecule has 2 rings (SSSR count). The van der Waals surface area contributed by atoms with Crippen LogP contribution in [-0.4, -0.2) is 12.6 Å². The van der Waals surface area contributed by atoms with Crippen molar-refractivity contribution in [1.82, 2.24) is 0 Å².